The van der Waals surface area contributed by atoms with Crippen molar-refractivity contribution in [2.24, 2.45) is 10.8 Å². The molecule has 0 unspecified atom stereocenters. The van der Waals surface area contributed by atoms with Crippen LogP contribution in [0.5, 0.6) is 0 Å². The van der Waals surface area contributed by atoms with Gasteiger partial charge in [0.1, 0.15) is 17.7 Å². The van der Waals surface area contributed by atoms with Gasteiger partial charge in [-0.05, 0) is 66.9 Å². The molecule has 11 heteroatoms. The summed E-state index contributed by atoms with van der Waals surface area (Å²) in [7, 11) is 0. The zero-order valence-electron chi connectivity index (χ0n) is 24.3. The smallest absolute Gasteiger partial charge is 0.388 e. The largest absolute Gasteiger partial charge is 0.417 e. The molecule has 0 heterocycles. The van der Waals surface area contributed by atoms with E-state index in [1.807, 2.05) is 13.8 Å². The third-order valence-corrected chi connectivity index (χ3v) is 7.51. The minimum Gasteiger partial charge on any atom is -0.388 e. The molecule has 0 spiro atoms. The minimum absolute atomic E-state index is 0.00848. The Kier molecular flexibility index (Phi) is 11.1. The predicted molar refractivity (Wildman–Crippen MR) is 145 cm³/mol. The molecule has 1 N–H and O–H groups in total. The zero-order chi connectivity index (χ0) is 31.9. The number of hydrogen-bond acceptors (Lipinski definition) is 4. The number of unbranched alkanes of at least 4 members (excludes halogenated alkanes) is 4. The van der Waals surface area contributed by atoms with Crippen LogP contribution in [0.25, 0.3) is 4.85 Å². The Morgan fingerprint density at radius 2 is 1.29 bits per heavy atom. The Labute approximate surface area is 243 Å². The molecule has 2 rings (SSSR count). The molecule has 0 atom stereocenters. The average Bonchev–Trinajstić information content (AvgIpc) is 2.84. The fourth-order valence-electron chi connectivity index (χ4n) is 5.93. The van der Waals surface area contributed by atoms with E-state index < -0.39 is 45.6 Å². The Bertz CT molecular complexity index is 1210. The highest BCUT2D eigenvalue weighted by Crippen LogP contribution is 2.50. The van der Waals surface area contributed by atoms with Gasteiger partial charge in [0, 0.05) is 12.2 Å². The summed E-state index contributed by atoms with van der Waals surface area (Å²) >= 11 is 0. The second kappa shape index (κ2) is 13.5. The number of halogens is 6. The summed E-state index contributed by atoms with van der Waals surface area (Å²) in [5.74, 6) is 0. The van der Waals surface area contributed by atoms with E-state index in [1.54, 1.807) is 32.1 Å². The van der Waals surface area contributed by atoms with Gasteiger partial charge in [0.15, 0.2) is 0 Å². The van der Waals surface area contributed by atoms with Gasteiger partial charge in [0.2, 0.25) is 0 Å². The van der Waals surface area contributed by atoms with Gasteiger partial charge in [0.05, 0.1) is 23.8 Å². The van der Waals surface area contributed by atoms with Gasteiger partial charge in [-0.1, -0.05) is 52.5 Å². The lowest BCUT2D eigenvalue weighted by atomic mass is 9.69. The molecular weight excluding hydrogens is 556 g/mol. The van der Waals surface area contributed by atoms with E-state index in [-0.39, 0.29) is 61.1 Å². The van der Waals surface area contributed by atoms with E-state index in [2.05, 4.69) is 10.2 Å². The molecule has 226 valence electrons. The molecule has 0 aromatic heterocycles. The van der Waals surface area contributed by atoms with Gasteiger partial charge in [-0.3, -0.25) is 0 Å². The lowest BCUT2D eigenvalue weighted by Gasteiger charge is -2.36. The quantitative estimate of drug-likeness (QED) is 0.125. The third kappa shape index (κ3) is 8.90. The average molecular weight is 592 g/mol. The molecule has 0 amide bonds. The van der Waals surface area contributed by atoms with E-state index in [0.717, 1.165) is 0 Å². The molecule has 0 aliphatic heterocycles. The minimum atomic E-state index is -4.73. The molecule has 0 radical (unpaired) electrons. The van der Waals surface area contributed by atoms with Crippen molar-refractivity contribution in [2.45, 2.75) is 104 Å². The number of rotatable bonds is 9. The molecule has 2 aliphatic rings. The van der Waals surface area contributed by atoms with Crippen molar-refractivity contribution in [3.8, 4) is 18.2 Å². The van der Waals surface area contributed by atoms with Gasteiger partial charge in [-0.15, -0.1) is 0 Å². The van der Waals surface area contributed by atoms with Gasteiger partial charge in [0.25, 0.3) is 5.70 Å². The van der Waals surface area contributed by atoms with Crippen LogP contribution in [0.15, 0.2) is 44.8 Å². The molecule has 0 fully saturated rings. The van der Waals surface area contributed by atoms with Crippen LogP contribution in [0.2, 0.25) is 0 Å². The molecule has 0 saturated heterocycles. The van der Waals surface area contributed by atoms with Crippen molar-refractivity contribution < 1.29 is 26.3 Å². The number of hydrogen-bond donors (Lipinski definition) is 1. The van der Waals surface area contributed by atoms with Crippen molar-refractivity contribution in [1.29, 1.82) is 15.8 Å². The van der Waals surface area contributed by atoms with Crippen molar-refractivity contribution >= 4 is 0 Å². The second-order valence-electron chi connectivity index (χ2n) is 12.4. The summed E-state index contributed by atoms with van der Waals surface area (Å²) in [6.07, 6.45) is -6.01. The van der Waals surface area contributed by atoms with E-state index in [4.69, 9.17) is 6.57 Å². The zero-order valence-corrected chi connectivity index (χ0v) is 24.3. The highest BCUT2D eigenvalue weighted by Gasteiger charge is 2.46. The number of nitrogens with one attached hydrogen (secondary N) is 1. The monoisotopic (exact) mass is 591 g/mol. The standard InChI is InChI=1S/C31H35F6N5/c1-28(2)13-20(26(30(32,33)34)22(14-28)21(17-38)18-39)11-9-7-6-8-10-12-42-24-16-29(3,4)15-23(25(19-40)41-5)27(24)31(35,36)37/h42H,6-16H2,1-4H3/b25-23+. The lowest BCUT2D eigenvalue weighted by Crippen LogP contribution is -2.33. The summed E-state index contributed by atoms with van der Waals surface area (Å²) in [4.78, 5) is 3.02. The molecule has 0 bridgehead atoms. The van der Waals surface area contributed by atoms with E-state index in [1.165, 1.54) is 0 Å². The van der Waals surface area contributed by atoms with E-state index >= 15 is 0 Å². The Hall–Kier alpha value is -3.70. The van der Waals surface area contributed by atoms with Crippen LogP contribution >= 0.6 is 0 Å². The van der Waals surface area contributed by atoms with Crippen molar-refractivity contribution in [1.82, 2.24) is 5.32 Å². The maximum absolute atomic E-state index is 14.0. The fourth-order valence-corrected chi connectivity index (χ4v) is 5.93. The first kappa shape index (κ1) is 34.5. The highest BCUT2D eigenvalue weighted by molar-refractivity contribution is 5.54. The predicted octanol–water partition coefficient (Wildman–Crippen LogP) is 9.27. The van der Waals surface area contributed by atoms with Crippen LogP contribution in [0, 0.1) is 51.4 Å². The first-order chi connectivity index (χ1) is 19.4. The van der Waals surface area contributed by atoms with Gasteiger partial charge in [-0.25, -0.2) is 10.1 Å². The maximum Gasteiger partial charge on any atom is 0.417 e. The van der Waals surface area contributed by atoms with E-state index in [9.17, 15) is 42.1 Å². The topological polar surface area (TPSA) is 87.8 Å². The van der Waals surface area contributed by atoms with Gasteiger partial charge >= 0.3 is 12.4 Å². The first-order valence-corrected chi connectivity index (χ1v) is 13.8. The molecule has 0 aromatic rings. The summed E-state index contributed by atoms with van der Waals surface area (Å²) in [6, 6.07) is 4.82. The Morgan fingerprint density at radius 1 is 0.762 bits per heavy atom. The summed E-state index contributed by atoms with van der Waals surface area (Å²) in [6.45, 7) is 14.6. The van der Waals surface area contributed by atoms with Crippen LogP contribution in [0.4, 0.5) is 26.3 Å². The molecule has 0 saturated carbocycles. The highest BCUT2D eigenvalue weighted by atomic mass is 19.4. The van der Waals surface area contributed by atoms with Gasteiger partial charge < -0.3 is 5.32 Å². The molecule has 42 heavy (non-hydrogen) atoms. The third-order valence-electron chi connectivity index (χ3n) is 7.51. The van der Waals surface area contributed by atoms with Crippen LogP contribution in [0.3, 0.4) is 0 Å². The normalized spacial score (nSPS) is 19.8. The number of nitrogens with zero attached hydrogens (tertiary/aromatic N) is 4. The number of alkyl halides is 6. The van der Waals surface area contributed by atoms with Crippen molar-refractivity contribution in [2.75, 3.05) is 6.54 Å². The molecule has 0 aromatic carbocycles. The van der Waals surface area contributed by atoms with Crippen LogP contribution in [-0.4, -0.2) is 18.9 Å². The lowest BCUT2D eigenvalue weighted by molar-refractivity contribution is -0.0932. The Morgan fingerprint density at radius 3 is 1.81 bits per heavy atom. The first-order valence-electron chi connectivity index (χ1n) is 13.8. The number of allylic oxidation sites excluding steroid dienone is 8. The van der Waals surface area contributed by atoms with Gasteiger partial charge in [-0.2, -0.15) is 36.9 Å². The van der Waals surface area contributed by atoms with Crippen molar-refractivity contribution in [3.63, 3.8) is 0 Å². The summed E-state index contributed by atoms with van der Waals surface area (Å²) < 4.78 is 84.1. The van der Waals surface area contributed by atoms with Crippen molar-refractivity contribution in [3.05, 3.63) is 56.2 Å². The second-order valence-corrected chi connectivity index (χ2v) is 12.4. The molecule has 5 nitrogen and oxygen atoms in total. The summed E-state index contributed by atoms with van der Waals surface area (Å²) in [5, 5.41) is 30.6. The fraction of sp³-hybridized carbons (Fsp3) is 0.613. The van der Waals surface area contributed by atoms with E-state index in [0.29, 0.717) is 32.1 Å². The number of nitriles is 3. The van der Waals surface area contributed by atoms with Crippen LogP contribution in [-0.2, 0) is 0 Å². The van der Waals surface area contributed by atoms with Crippen LogP contribution in [0.1, 0.15) is 91.9 Å². The maximum atomic E-state index is 14.0. The molecule has 2 aliphatic carbocycles. The SMILES string of the molecule is [C-]#[N+]/C(C#N)=C1\CC(C)(C)CC(NCCCCCCCC2=C(C(F)(F)F)C(=C(C#N)C#N)CC(C)(C)C2)=C1C(F)(F)F. The Balaban J connectivity index is 2.06. The summed E-state index contributed by atoms with van der Waals surface area (Å²) in [5.41, 5.74) is -4.31. The molecular formula is C31H35F6N5. The van der Waals surface area contributed by atoms with Crippen LogP contribution < -0.4 is 5.32 Å².